The summed E-state index contributed by atoms with van der Waals surface area (Å²) in [5.41, 5.74) is 0. The van der Waals surface area contributed by atoms with Gasteiger partial charge in [0, 0.05) is 39.8 Å². The number of nitrogens with zero attached hydrogens (tertiary/aromatic N) is 6. The molecule has 118 valence electrons. The van der Waals surface area contributed by atoms with Crippen LogP contribution in [0.1, 0.15) is 20.3 Å². The summed E-state index contributed by atoms with van der Waals surface area (Å²) in [5.74, 6) is 2.12. The average molecular weight is 293 g/mol. The van der Waals surface area contributed by atoms with Crippen LogP contribution in [0.15, 0.2) is 0 Å². The van der Waals surface area contributed by atoms with Crippen molar-refractivity contribution in [3.05, 3.63) is 0 Å². The van der Waals surface area contributed by atoms with Crippen molar-refractivity contribution >= 4 is 17.8 Å². The minimum absolute atomic E-state index is 0.393. The molecule has 1 aliphatic heterocycles. The van der Waals surface area contributed by atoms with Crippen molar-refractivity contribution in [1.29, 1.82) is 0 Å². The number of likely N-dealkylation sites (N-methyl/N-ethyl adjacent to an activating group) is 1. The van der Waals surface area contributed by atoms with Gasteiger partial charge < -0.3 is 20.0 Å². The quantitative estimate of drug-likeness (QED) is 0.885. The maximum atomic E-state index is 4.63. The van der Waals surface area contributed by atoms with Crippen LogP contribution in [0.2, 0.25) is 0 Å². The highest BCUT2D eigenvalue weighted by Crippen LogP contribution is 2.19. The maximum Gasteiger partial charge on any atom is 0.232 e. The van der Waals surface area contributed by atoms with Crippen molar-refractivity contribution in [2.75, 3.05) is 62.4 Å². The Hall–Kier alpha value is -1.63. The van der Waals surface area contributed by atoms with Crippen molar-refractivity contribution in [3.8, 4) is 0 Å². The predicted octanol–water partition coefficient (Wildman–Crippen LogP) is 0.900. The van der Waals surface area contributed by atoms with Gasteiger partial charge in [0.25, 0.3) is 0 Å². The lowest BCUT2D eigenvalue weighted by Gasteiger charge is -2.28. The van der Waals surface area contributed by atoms with Crippen molar-refractivity contribution in [3.63, 3.8) is 0 Å². The van der Waals surface area contributed by atoms with Crippen LogP contribution in [-0.2, 0) is 0 Å². The summed E-state index contributed by atoms with van der Waals surface area (Å²) >= 11 is 0. The second kappa shape index (κ2) is 6.89. The molecule has 1 aromatic rings. The van der Waals surface area contributed by atoms with Crippen LogP contribution in [0.25, 0.3) is 0 Å². The minimum atomic E-state index is 0.393. The van der Waals surface area contributed by atoms with Gasteiger partial charge in [-0.15, -0.1) is 0 Å². The zero-order valence-corrected chi connectivity index (χ0v) is 13.8. The topological polar surface area (TPSA) is 60.4 Å². The molecule has 1 N–H and O–H groups in total. The highest BCUT2D eigenvalue weighted by atomic mass is 15.4. The zero-order chi connectivity index (χ0) is 15.4. The van der Waals surface area contributed by atoms with Gasteiger partial charge in [0.2, 0.25) is 17.8 Å². The molecule has 1 aliphatic rings. The summed E-state index contributed by atoms with van der Waals surface area (Å²) in [5, 5.41) is 3.20. The number of nitrogens with one attached hydrogen (secondary N) is 1. The Bertz CT molecular complexity index is 463. The van der Waals surface area contributed by atoms with Crippen LogP contribution in [0.3, 0.4) is 0 Å². The molecule has 0 bridgehead atoms. The molecule has 0 amide bonds. The monoisotopic (exact) mass is 293 g/mol. The van der Waals surface area contributed by atoms with Gasteiger partial charge in [0.15, 0.2) is 0 Å². The first kappa shape index (κ1) is 15.8. The summed E-state index contributed by atoms with van der Waals surface area (Å²) < 4.78 is 0. The molecule has 0 aliphatic carbocycles. The third kappa shape index (κ3) is 3.93. The first-order valence-electron chi connectivity index (χ1n) is 7.63. The van der Waals surface area contributed by atoms with E-state index in [-0.39, 0.29) is 0 Å². The van der Waals surface area contributed by atoms with E-state index in [1.54, 1.807) is 0 Å². The molecule has 1 aromatic heterocycles. The Balaban J connectivity index is 2.32. The van der Waals surface area contributed by atoms with E-state index in [4.69, 9.17) is 0 Å². The van der Waals surface area contributed by atoms with Crippen LogP contribution in [0, 0.1) is 0 Å². The van der Waals surface area contributed by atoms with Crippen LogP contribution < -0.4 is 15.1 Å². The third-order valence-corrected chi connectivity index (χ3v) is 3.65. The minimum Gasteiger partial charge on any atom is -0.354 e. The second-order valence-corrected chi connectivity index (χ2v) is 5.84. The van der Waals surface area contributed by atoms with Gasteiger partial charge >= 0.3 is 0 Å². The molecule has 0 aromatic carbocycles. The van der Waals surface area contributed by atoms with Gasteiger partial charge in [-0.1, -0.05) is 0 Å². The standard InChI is InChI=1S/C14H27N7/c1-6-15-12-16-13(19(3)4)18-14(17-12)21-9-7-8-20(5)10-11(21)2/h11H,6-10H2,1-5H3,(H,15,16,17,18). The van der Waals surface area contributed by atoms with E-state index < -0.39 is 0 Å². The lowest BCUT2D eigenvalue weighted by molar-refractivity contribution is 0.337. The SMILES string of the molecule is CCNc1nc(N(C)C)nc(N2CCCN(C)CC2C)n1. The van der Waals surface area contributed by atoms with Gasteiger partial charge in [0.05, 0.1) is 0 Å². The van der Waals surface area contributed by atoms with E-state index in [1.807, 2.05) is 25.9 Å². The van der Waals surface area contributed by atoms with Crippen LogP contribution in [0.4, 0.5) is 17.8 Å². The first-order valence-corrected chi connectivity index (χ1v) is 7.63. The van der Waals surface area contributed by atoms with Gasteiger partial charge in [-0.25, -0.2) is 0 Å². The molecule has 21 heavy (non-hydrogen) atoms. The second-order valence-electron chi connectivity index (χ2n) is 5.84. The lowest BCUT2D eigenvalue weighted by Crippen LogP contribution is -2.39. The highest BCUT2D eigenvalue weighted by Gasteiger charge is 2.23. The lowest BCUT2D eigenvalue weighted by atomic mass is 10.3. The Morgan fingerprint density at radius 1 is 1.24 bits per heavy atom. The van der Waals surface area contributed by atoms with E-state index in [0.717, 1.165) is 38.5 Å². The van der Waals surface area contributed by atoms with Crippen molar-refractivity contribution in [1.82, 2.24) is 19.9 Å². The Kier molecular flexibility index (Phi) is 5.17. The van der Waals surface area contributed by atoms with E-state index >= 15 is 0 Å². The van der Waals surface area contributed by atoms with Crippen molar-refractivity contribution < 1.29 is 0 Å². The Labute approximate surface area is 127 Å². The zero-order valence-electron chi connectivity index (χ0n) is 13.8. The molecule has 1 unspecified atom stereocenters. The molecule has 2 rings (SSSR count). The molecule has 0 saturated carbocycles. The fourth-order valence-corrected chi connectivity index (χ4v) is 2.59. The van der Waals surface area contributed by atoms with E-state index in [0.29, 0.717) is 17.9 Å². The molecule has 1 atom stereocenters. The largest absolute Gasteiger partial charge is 0.354 e. The summed E-state index contributed by atoms with van der Waals surface area (Å²) in [6, 6.07) is 0.393. The molecule has 2 heterocycles. The number of aromatic nitrogens is 3. The smallest absolute Gasteiger partial charge is 0.232 e. The highest BCUT2D eigenvalue weighted by molar-refractivity contribution is 5.45. The fourth-order valence-electron chi connectivity index (χ4n) is 2.59. The number of rotatable bonds is 4. The summed E-state index contributed by atoms with van der Waals surface area (Å²) in [6.07, 6.45) is 1.13. The normalized spacial score (nSPS) is 20.2. The predicted molar refractivity (Wildman–Crippen MR) is 87.2 cm³/mol. The van der Waals surface area contributed by atoms with Crippen molar-refractivity contribution in [2.24, 2.45) is 0 Å². The van der Waals surface area contributed by atoms with Crippen LogP contribution in [0.5, 0.6) is 0 Å². The van der Waals surface area contributed by atoms with Crippen LogP contribution in [-0.4, -0.2) is 73.2 Å². The summed E-state index contributed by atoms with van der Waals surface area (Å²) in [6.45, 7) is 8.20. The molecule has 0 spiro atoms. The van der Waals surface area contributed by atoms with Gasteiger partial charge in [-0.2, -0.15) is 15.0 Å². The van der Waals surface area contributed by atoms with Crippen molar-refractivity contribution in [2.45, 2.75) is 26.3 Å². The molecule has 1 fully saturated rings. The van der Waals surface area contributed by atoms with E-state index in [9.17, 15) is 0 Å². The van der Waals surface area contributed by atoms with Gasteiger partial charge in [-0.3, -0.25) is 0 Å². The van der Waals surface area contributed by atoms with Gasteiger partial charge in [-0.05, 0) is 33.9 Å². The number of hydrogen-bond acceptors (Lipinski definition) is 7. The summed E-state index contributed by atoms with van der Waals surface area (Å²) in [7, 11) is 6.08. The Morgan fingerprint density at radius 2 is 2.00 bits per heavy atom. The third-order valence-electron chi connectivity index (χ3n) is 3.65. The van der Waals surface area contributed by atoms with Gasteiger partial charge in [0.1, 0.15) is 0 Å². The molecule has 0 radical (unpaired) electrons. The average Bonchev–Trinajstić information content (AvgIpc) is 2.59. The van der Waals surface area contributed by atoms with Crippen LogP contribution >= 0.6 is 0 Å². The molecule has 7 heteroatoms. The summed E-state index contributed by atoms with van der Waals surface area (Å²) in [4.78, 5) is 20.2. The van der Waals surface area contributed by atoms with E-state index in [1.165, 1.54) is 0 Å². The molecule has 7 nitrogen and oxygen atoms in total. The molecule has 1 saturated heterocycles. The molecular formula is C14H27N7. The number of hydrogen-bond donors (Lipinski definition) is 1. The fraction of sp³-hybridized carbons (Fsp3) is 0.786. The first-order chi connectivity index (χ1) is 10.0. The Morgan fingerprint density at radius 3 is 2.67 bits per heavy atom. The maximum absolute atomic E-state index is 4.63. The number of anilines is 3. The molecular weight excluding hydrogens is 266 g/mol. The van der Waals surface area contributed by atoms with E-state index in [2.05, 4.69) is 44.0 Å².